The Balaban J connectivity index is 1.59. The fraction of sp³-hybridized carbons (Fsp3) is 0.500. The number of carbonyl (C=O) groups is 2. The van der Waals surface area contributed by atoms with E-state index >= 15 is 0 Å². The lowest BCUT2D eigenvalue weighted by atomic mass is 10.0. The van der Waals surface area contributed by atoms with Crippen molar-refractivity contribution in [1.82, 2.24) is 15.2 Å². The molecule has 1 amide bonds. The van der Waals surface area contributed by atoms with Crippen LogP contribution in [0.25, 0.3) is 0 Å². The SMILES string of the molecule is CCc1c(C(=O)NCc2ccc(CN3C[C@@H](C)O[C@H](C)C3)cc2)[nH]c(C)c1C(C)=O. The van der Waals surface area contributed by atoms with Crippen LogP contribution in [-0.4, -0.2) is 46.9 Å². The molecule has 1 aliphatic heterocycles. The molecule has 162 valence electrons. The van der Waals surface area contributed by atoms with E-state index in [4.69, 9.17) is 4.74 Å². The summed E-state index contributed by atoms with van der Waals surface area (Å²) < 4.78 is 5.80. The molecule has 1 saturated heterocycles. The van der Waals surface area contributed by atoms with Gasteiger partial charge in [0.25, 0.3) is 5.91 Å². The fourth-order valence-corrected chi connectivity index (χ4v) is 4.41. The van der Waals surface area contributed by atoms with Gasteiger partial charge in [-0.15, -0.1) is 0 Å². The van der Waals surface area contributed by atoms with E-state index in [1.807, 2.05) is 13.8 Å². The zero-order valence-electron chi connectivity index (χ0n) is 18.7. The van der Waals surface area contributed by atoms with Crippen LogP contribution < -0.4 is 5.32 Å². The van der Waals surface area contributed by atoms with Gasteiger partial charge in [0.05, 0.1) is 12.2 Å². The van der Waals surface area contributed by atoms with Crippen molar-refractivity contribution in [2.24, 2.45) is 0 Å². The number of carbonyl (C=O) groups excluding carboxylic acids is 2. The van der Waals surface area contributed by atoms with E-state index in [1.165, 1.54) is 12.5 Å². The van der Waals surface area contributed by atoms with Crippen molar-refractivity contribution in [1.29, 1.82) is 0 Å². The zero-order valence-corrected chi connectivity index (χ0v) is 18.7. The lowest BCUT2D eigenvalue weighted by Crippen LogP contribution is -2.44. The number of H-pyrrole nitrogens is 1. The van der Waals surface area contributed by atoms with Crippen LogP contribution in [-0.2, 0) is 24.2 Å². The van der Waals surface area contributed by atoms with Gasteiger partial charge in [0.2, 0.25) is 0 Å². The van der Waals surface area contributed by atoms with Gasteiger partial charge >= 0.3 is 0 Å². The molecule has 3 rings (SSSR count). The predicted molar refractivity (Wildman–Crippen MR) is 118 cm³/mol. The maximum Gasteiger partial charge on any atom is 0.268 e. The molecule has 0 spiro atoms. The van der Waals surface area contributed by atoms with Crippen LogP contribution in [0.2, 0.25) is 0 Å². The summed E-state index contributed by atoms with van der Waals surface area (Å²) in [5, 5.41) is 2.97. The van der Waals surface area contributed by atoms with E-state index in [9.17, 15) is 9.59 Å². The Hall–Kier alpha value is -2.44. The standard InChI is InChI=1S/C24H33N3O3/c1-6-21-22(18(5)28)17(4)26-23(21)24(29)25-11-19-7-9-20(10-8-19)14-27-12-15(2)30-16(3)13-27/h7-10,15-16,26H,6,11-14H2,1-5H3,(H,25,29)/t15-,16-/m1/s1. The molecule has 2 heterocycles. The largest absolute Gasteiger partial charge is 0.373 e. The molecule has 0 aliphatic carbocycles. The maximum absolute atomic E-state index is 12.7. The Labute approximate surface area is 179 Å². The normalized spacial score (nSPS) is 19.6. The fourth-order valence-electron chi connectivity index (χ4n) is 4.41. The van der Waals surface area contributed by atoms with Crippen molar-refractivity contribution < 1.29 is 14.3 Å². The molecule has 6 heteroatoms. The Morgan fingerprint density at radius 2 is 1.73 bits per heavy atom. The van der Waals surface area contributed by atoms with Crippen LogP contribution in [0.4, 0.5) is 0 Å². The molecule has 2 N–H and O–H groups in total. The summed E-state index contributed by atoms with van der Waals surface area (Å²) in [7, 11) is 0. The van der Waals surface area contributed by atoms with E-state index in [0.717, 1.165) is 36.5 Å². The third-order valence-corrected chi connectivity index (χ3v) is 5.60. The highest BCUT2D eigenvalue weighted by atomic mass is 16.5. The zero-order chi connectivity index (χ0) is 21.8. The molecule has 0 saturated carbocycles. The topological polar surface area (TPSA) is 74.4 Å². The third kappa shape index (κ3) is 5.18. The molecule has 1 aromatic carbocycles. The van der Waals surface area contributed by atoms with Gasteiger partial charge in [-0.2, -0.15) is 0 Å². The highest BCUT2D eigenvalue weighted by Gasteiger charge is 2.23. The summed E-state index contributed by atoms with van der Waals surface area (Å²) in [5.41, 5.74) is 4.98. The minimum Gasteiger partial charge on any atom is -0.373 e. The first kappa shape index (κ1) is 22.2. The molecule has 0 unspecified atom stereocenters. The number of aromatic nitrogens is 1. The van der Waals surface area contributed by atoms with Gasteiger partial charge in [0, 0.05) is 37.4 Å². The minimum absolute atomic E-state index is 0.0145. The molecule has 0 bridgehead atoms. The number of morpholine rings is 1. The molecule has 2 atom stereocenters. The van der Waals surface area contributed by atoms with Gasteiger partial charge in [0.1, 0.15) is 5.69 Å². The molecular formula is C24H33N3O3. The summed E-state index contributed by atoms with van der Waals surface area (Å²) in [5.74, 6) is -0.192. The van der Waals surface area contributed by atoms with E-state index in [-0.39, 0.29) is 23.9 Å². The number of amides is 1. The van der Waals surface area contributed by atoms with E-state index < -0.39 is 0 Å². The average Bonchev–Trinajstić information content (AvgIpc) is 3.03. The number of aromatic amines is 1. The average molecular weight is 412 g/mol. The number of hydrogen-bond donors (Lipinski definition) is 2. The summed E-state index contributed by atoms with van der Waals surface area (Å²) in [4.78, 5) is 30.1. The van der Waals surface area contributed by atoms with Crippen molar-refractivity contribution >= 4 is 11.7 Å². The molecule has 1 aliphatic rings. The van der Waals surface area contributed by atoms with Gasteiger partial charge < -0.3 is 15.0 Å². The number of ketones is 1. The van der Waals surface area contributed by atoms with Crippen LogP contribution in [0.1, 0.15) is 70.9 Å². The maximum atomic E-state index is 12.7. The van der Waals surface area contributed by atoms with Gasteiger partial charge in [-0.25, -0.2) is 0 Å². The minimum atomic E-state index is -0.178. The van der Waals surface area contributed by atoms with Crippen molar-refractivity contribution in [2.75, 3.05) is 13.1 Å². The monoisotopic (exact) mass is 411 g/mol. The van der Waals surface area contributed by atoms with Gasteiger partial charge in [-0.1, -0.05) is 31.2 Å². The van der Waals surface area contributed by atoms with Gasteiger partial charge in [-0.3, -0.25) is 14.5 Å². The van der Waals surface area contributed by atoms with Crippen LogP contribution in [0.5, 0.6) is 0 Å². The number of ether oxygens (including phenoxy) is 1. The second-order valence-electron chi connectivity index (χ2n) is 8.34. The molecular weight excluding hydrogens is 378 g/mol. The number of benzene rings is 1. The van der Waals surface area contributed by atoms with E-state index in [1.54, 1.807) is 0 Å². The van der Waals surface area contributed by atoms with E-state index in [0.29, 0.717) is 24.2 Å². The highest BCUT2D eigenvalue weighted by molar-refractivity contribution is 6.02. The molecule has 2 aromatic rings. The lowest BCUT2D eigenvalue weighted by Gasteiger charge is -2.35. The van der Waals surface area contributed by atoms with Crippen molar-refractivity contribution in [3.63, 3.8) is 0 Å². The Bertz CT molecular complexity index is 891. The summed E-state index contributed by atoms with van der Waals surface area (Å²) >= 11 is 0. The number of hydrogen-bond acceptors (Lipinski definition) is 4. The predicted octanol–water partition coefficient (Wildman–Crippen LogP) is 3.63. The Morgan fingerprint density at radius 3 is 2.30 bits per heavy atom. The van der Waals surface area contributed by atoms with Crippen LogP contribution in [0.3, 0.4) is 0 Å². The number of Topliss-reactive ketones (excluding diaryl/α,β-unsaturated/α-hetero) is 1. The number of nitrogens with one attached hydrogen (secondary N) is 2. The number of aryl methyl sites for hydroxylation is 1. The Morgan fingerprint density at radius 1 is 1.13 bits per heavy atom. The van der Waals surface area contributed by atoms with E-state index in [2.05, 4.69) is 53.3 Å². The number of nitrogens with zero attached hydrogens (tertiary/aromatic N) is 1. The third-order valence-electron chi connectivity index (χ3n) is 5.60. The summed E-state index contributed by atoms with van der Waals surface area (Å²) in [6, 6.07) is 8.36. The van der Waals surface area contributed by atoms with Gasteiger partial charge in [0.15, 0.2) is 5.78 Å². The lowest BCUT2D eigenvalue weighted by molar-refractivity contribution is -0.0704. The van der Waals surface area contributed by atoms with Crippen LogP contribution >= 0.6 is 0 Å². The molecule has 1 fully saturated rings. The molecule has 30 heavy (non-hydrogen) atoms. The first-order chi connectivity index (χ1) is 14.3. The van der Waals surface area contributed by atoms with Crippen molar-refractivity contribution in [3.8, 4) is 0 Å². The van der Waals surface area contributed by atoms with Crippen molar-refractivity contribution in [2.45, 2.75) is 66.3 Å². The smallest absolute Gasteiger partial charge is 0.268 e. The first-order valence-electron chi connectivity index (χ1n) is 10.7. The van der Waals surface area contributed by atoms with Gasteiger partial charge in [-0.05, 0) is 50.8 Å². The van der Waals surface area contributed by atoms with Crippen LogP contribution in [0, 0.1) is 6.92 Å². The van der Waals surface area contributed by atoms with Crippen LogP contribution in [0.15, 0.2) is 24.3 Å². The molecule has 1 aromatic heterocycles. The summed E-state index contributed by atoms with van der Waals surface area (Å²) in [6.45, 7) is 12.8. The Kier molecular flexibility index (Phi) is 7.10. The molecule has 0 radical (unpaired) electrons. The molecule has 6 nitrogen and oxygen atoms in total. The first-order valence-corrected chi connectivity index (χ1v) is 10.7. The van der Waals surface area contributed by atoms with Crippen molar-refractivity contribution in [3.05, 3.63) is 57.9 Å². The second-order valence-corrected chi connectivity index (χ2v) is 8.34. The number of rotatable bonds is 7. The second kappa shape index (κ2) is 9.58. The quantitative estimate of drug-likeness (QED) is 0.683. The summed E-state index contributed by atoms with van der Waals surface area (Å²) in [6.07, 6.45) is 1.16. The highest BCUT2D eigenvalue weighted by Crippen LogP contribution is 2.20.